The Morgan fingerprint density at radius 3 is 2.00 bits per heavy atom. The number of rotatable bonds is 1. The van der Waals surface area contributed by atoms with Crippen LogP contribution in [0.25, 0.3) is 0 Å². The van der Waals surface area contributed by atoms with Crippen molar-refractivity contribution in [3.8, 4) is 0 Å². The monoisotopic (exact) mass is 254 g/mol. The lowest BCUT2D eigenvalue weighted by Crippen LogP contribution is -2.47. The van der Waals surface area contributed by atoms with Crippen molar-refractivity contribution in [1.82, 2.24) is 19.8 Å². The molecule has 1 unspecified atom stereocenters. The lowest BCUT2D eigenvalue weighted by molar-refractivity contribution is -0.0311. The van der Waals surface area contributed by atoms with Gasteiger partial charge < -0.3 is 9.80 Å². The highest BCUT2D eigenvalue weighted by Gasteiger charge is 2.22. The fourth-order valence-corrected chi connectivity index (χ4v) is 3.00. The van der Waals surface area contributed by atoms with Crippen LogP contribution in [0.4, 0.5) is 0 Å². The minimum absolute atomic E-state index is 0.732. The third-order valence-corrected chi connectivity index (χ3v) is 4.58. The maximum atomic E-state index is 2.62. The molecule has 0 bridgehead atoms. The fraction of sp³-hybridized carbons (Fsp3) is 1.00. The first-order valence-electron chi connectivity index (χ1n) is 7.55. The standard InChI is InChI=1S/C14H30N4/c1-14-6-11-18(13-12-16(14)3)17-9-4-7-15(2)8-5-10-17/h14H,4-13H2,1-3H3. The molecular weight excluding hydrogens is 224 g/mol. The molecule has 0 aromatic carbocycles. The molecule has 0 saturated carbocycles. The molecule has 0 N–H and O–H groups in total. The second-order valence-electron chi connectivity index (χ2n) is 6.04. The highest BCUT2D eigenvalue weighted by molar-refractivity contribution is 4.74. The van der Waals surface area contributed by atoms with Crippen LogP contribution in [0.2, 0.25) is 0 Å². The number of hydrogen-bond donors (Lipinski definition) is 0. The maximum absolute atomic E-state index is 2.62. The highest BCUT2D eigenvalue weighted by atomic mass is 15.6. The highest BCUT2D eigenvalue weighted by Crippen LogP contribution is 2.13. The molecule has 18 heavy (non-hydrogen) atoms. The Bertz CT molecular complexity index is 224. The molecule has 2 aliphatic rings. The summed E-state index contributed by atoms with van der Waals surface area (Å²) >= 11 is 0. The van der Waals surface area contributed by atoms with Gasteiger partial charge in [0.15, 0.2) is 0 Å². The average molecular weight is 254 g/mol. The van der Waals surface area contributed by atoms with E-state index < -0.39 is 0 Å². The third-order valence-electron chi connectivity index (χ3n) is 4.58. The molecule has 1 atom stereocenters. The van der Waals surface area contributed by atoms with Crippen LogP contribution in [-0.2, 0) is 0 Å². The Kier molecular flexibility index (Phi) is 5.42. The van der Waals surface area contributed by atoms with Gasteiger partial charge in [0.05, 0.1) is 0 Å². The number of hydrogen-bond acceptors (Lipinski definition) is 4. The first-order valence-corrected chi connectivity index (χ1v) is 7.55. The predicted molar refractivity (Wildman–Crippen MR) is 76.6 cm³/mol. The number of hydrazine groups is 1. The predicted octanol–water partition coefficient (Wildman–Crippen LogP) is 0.955. The summed E-state index contributed by atoms with van der Waals surface area (Å²) in [6, 6.07) is 0.732. The molecule has 0 radical (unpaired) electrons. The van der Waals surface area contributed by atoms with Gasteiger partial charge in [-0.3, -0.25) is 0 Å². The van der Waals surface area contributed by atoms with E-state index in [1.807, 2.05) is 0 Å². The summed E-state index contributed by atoms with van der Waals surface area (Å²) in [4.78, 5) is 4.97. The van der Waals surface area contributed by atoms with Crippen molar-refractivity contribution in [2.75, 3.05) is 59.9 Å². The quantitative estimate of drug-likeness (QED) is 0.691. The minimum Gasteiger partial charge on any atom is -0.306 e. The van der Waals surface area contributed by atoms with Crippen molar-refractivity contribution in [3.63, 3.8) is 0 Å². The zero-order valence-corrected chi connectivity index (χ0v) is 12.4. The van der Waals surface area contributed by atoms with Gasteiger partial charge in [0.2, 0.25) is 0 Å². The van der Waals surface area contributed by atoms with Gasteiger partial charge >= 0.3 is 0 Å². The molecule has 2 rings (SSSR count). The summed E-state index contributed by atoms with van der Waals surface area (Å²) in [5.74, 6) is 0. The SMILES string of the molecule is CC1CCN(N2CCCN(C)CCC2)CCN1C. The Morgan fingerprint density at radius 2 is 1.33 bits per heavy atom. The van der Waals surface area contributed by atoms with E-state index in [0.717, 1.165) is 6.04 Å². The van der Waals surface area contributed by atoms with Gasteiger partial charge in [-0.25, -0.2) is 10.0 Å². The van der Waals surface area contributed by atoms with Crippen LogP contribution in [0.1, 0.15) is 26.2 Å². The van der Waals surface area contributed by atoms with Crippen LogP contribution < -0.4 is 0 Å². The van der Waals surface area contributed by atoms with E-state index >= 15 is 0 Å². The summed E-state index contributed by atoms with van der Waals surface area (Å²) in [7, 11) is 4.51. The second-order valence-corrected chi connectivity index (χ2v) is 6.04. The van der Waals surface area contributed by atoms with Crippen LogP contribution in [0, 0.1) is 0 Å². The van der Waals surface area contributed by atoms with Gasteiger partial charge in [-0.1, -0.05) is 0 Å². The van der Waals surface area contributed by atoms with Gasteiger partial charge in [-0.05, 0) is 53.4 Å². The Hall–Kier alpha value is -0.160. The van der Waals surface area contributed by atoms with E-state index in [2.05, 4.69) is 40.8 Å². The molecule has 0 aromatic heterocycles. The molecule has 4 nitrogen and oxygen atoms in total. The van der Waals surface area contributed by atoms with Crippen LogP contribution in [0.5, 0.6) is 0 Å². The molecule has 2 heterocycles. The van der Waals surface area contributed by atoms with Gasteiger partial charge in [-0.2, -0.15) is 0 Å². The molecule has 0 aliphatic carbocycles. The Morgan fingerprint density at radius 1 is 0.722 bits per heavy atom. The van der Waals surface area contributed by atoms with Gasteiger partial charge in [0.1, 0.15) is 0 Å². The van der Waals surface area contributed by atoms with E-state index in [0.29, 0.717) is 0 Å². The lowest BCUT2D eigenvalue weighted by atomic mass is 10.2. The van der Waals surface area contributed by atoms with Gasteiger partial charge in [0, 0.05) is 38.8 Å². The van der Waals surface area contributed by atoms with Crippen molar-refractivity contribution < 1.29 is 0 Å². The number of likely N-dealkylation sites (N-methyl/N-ethyl adjacent to an activating group) is 1. The van der Waals surface area contributed by atoms with E-state index in [1.165, 1.54) is 65.1 Å². The van der Waals surface area contributed by atoms with Crippen molar-refractivity contribution in [3.05, 3.63) is 0 Å². The van der Waals surface area contributed by atoms with E-state index in [1.54, 1.807) is 0 Å². The Labute approximate surface area is 112 Å². The second kappa shape index (κ2) is 6.85. The summed E-state index contributed by atoms with van der Waals surface area (Å²) in [6.07, 6.45) is 3.91. The zero-order valence-electron chi connectivity index (χ0n) is 12.4. The van der Waals surface area contributed by atoms with Crippen LogP contribution in [-0.4, -0.2) is 85.8 Å². The summed E-state index contributed by atoms with van der Waals surface area (Å²) < 4.78 is 0. The molecule has 2 aliphatic heterocycles. The van der Waals surface area contributed by atoms with E-state index in [-0.39, 0.29) is 0 Å². The largest absolute Gasteiger partial charge is 0.306 e. The van der Waals surface area contributed by atoms with Crippen molar-refractivity contribution >= 4 is 0 Å². The molecule has 4 heteroatoms. The maximum Gasteiger partial charge on any atom is 0.0261 e. The Balaban J connectivity index is 1.85. The van der Waals surface area contributed by atoms with Crippen molar-refractivity contribution in [2.24, 2.45) is 0 Å². The molecule has 2 saturated heterocycles. The molecule has 0 amide bonds. The van der Waals surface area contributed by atoms with Crippen molar-refractivity contribution in [1.29, 1.82) is 0 Å². The molecular formula is C14H30N4. The molecule has 0 spiro atoms. The summed E-state index contributed by atoms with van der Waals surface area (Å²) in [5.41, 5.74) is 0. The molecule has 2 fully saturated rings. The first-order chi connectivity index (χ1) is 8.66. The zero-order chi connectivity index (χ0) is 13.0. The number of nitrogens with zero attached hydrogens (tertiary/aromatic N) is 4. The van der Waals surface area contributed by atoms with Crippen LogP contribution >= 0.6 is 0 Å². The summed E-state index contributed by atoms with van der Waals surface area (Å²) in [5, 5.41) is 5.24. The van der Waals surface area contributed by atoms with Crippen molar-refractivity contribution in [2.45, 2.75) is 32.2 Å². The van der Waals surface area contributed by atoms with Crippen LogP contribution in [0.15, 0.2) is 0 Å². The normalized spacial score (nSPS) is 31.8. The third kappa shape index (κ3) is 3.92. The first kappa shape index (κ1) is 14.3. The van der Waals surface area contributed by atoms with Gasteiger partial charge in [0.25, 0.3) is 0 Å². The fourth-order valence-electron chi connectivity index (χ4n) is 3.00. The average Bonchev–Trinajstić information content (AvgIpc) is 2.48. The van der Waals surface area contributed by atoms with E-state index in [4.69, 9.17) is 0 Å². The molecule has 106 valence electrons. The minimum atomic E-state index is 0.732. The lowest BCUT2D eigenvalue weighted by Gasteiger charge is -2.36. The van der Waals surface area contributed by atoms with Gasteiger partial charge in [-0.15, -0.1) is 0 Å². The topological polar surface area (TPSA) is 13.0 Å². The van der Waals surface area contributed by atoms with Crippen LogP contribution in [0.3, 0.4) is 0 Å². The smallest absolute Gasteiger partial charge is 0.0261 e. The molecule has 0 aromatic rings. The van der Waals surface area contributed by atoms with E-state index in [9.17, 15) is 0 Å². The summed E-state index contributed by atoms with van der Waals surface area (Å²) in [6.45, 7) is 11.0.